The van der Waals surface area contributed by atoms with Crippen molar-refractivity contribution in [1.82, 2.24) is 0 Å². The summed E-state index contributed by atoms with van der Waals surface area (Å²) in [6.45, 7) is 0. The third kappa shape index (κ3) is 3.29. The molecule has 0 aliphatic heterocycles. The zero-order chi connectivity index (χ0) is 23.8. The smallest absolute Gasteiger partial charge is 0.284 e. The third-order valence-electron chi connectivity index (χ3n) is 5.19. The molecule has 0 spiro atoms. The van der Waals surface area contributed by atoms with Gasteiger partial charge in [0.15, 0.2) is 4.75 Å². The van der Waals surface area contributed by atoms with Gasteiger partial charge in [-0.3, -0.25) is 4.55 Å². The highest BCUT2D eigenvalue weighted by molar-refractivity contribution is 7.87. The largest absolute Gasteiger partial charge is 0.457 e. The lowest BCUT2D eigenvalue weighted by molar-refractivity contribution is -0.336. The first-order valence-corrected chi connectivity index (χ1v) is 10.5. The molecule has 3 aromatic carbocycles. The fourth-order valence-corrected chi connectivity index (χ4v) is 5.32. The van der Waals surface area contributed by atoms with Gasteiger partial charge < -0.3 is 0 Å². The Morgan fingerprint density at radius 1 is 0.562 bits per heavy atom. The van der Waals surface area contributed by atoms with Crippen LogP contribution in [-0.4, -0.2) is 25.1 Å². The first-order valence-electron chi connectivity index (χ1n) is 9.09. The summed E-state index contributed by atoms with van der Waals surface area (Å²) in [5, 5.41) is 0. The van der Waals surface area contributed by atoms with Gasteiger partial charge in [0, 0.05) is 0 Å². The van der Waals surface area contributed by atoms with Crippen molar-refractivity contribution in [2.45, 2.75) is 22.5 Å². The van der Waals surface area contributed by atoms with Crippen molar-refractivity contribution >= 4 is 10.1 Å². The van der Waals surface area contributed by atoms with Crippen LogP contribution >= 0.6 is 0 Å². The molecule has 1 unspecified atom stereocenters. The van der Waals surface area contributed by atoms with Gasteiger partial charge >= 0.3 is 12.1 Å². The Kier molecular flexibility index (Phi) is 5.90. The second kappa shape index (κ2) is 7.93. The molecule has 0 saturated heterocycles. The number of hydrogen-bond acceptors (Lipinski definition) is 2. The molecule has 1 N–H and O–H groups in total. The van der Waals surface area contributed by atoms with Gasteiger partial charge in [0.05, 0.1) is 0 Å². The van der Waals surface area contributed by atoms with Gasteiger partial charge in [0.25, 0.3) is 10.1 Å². The Morgan fingerprint density at radius 3 is 1.16 bits per heavy atom. The van der Waals surface area contributed by atoms with E-state index in [1.165, 1.54) is 18.2 Å². The Hall–Kier alpha value is -2.85. The molecule has 0 aromatic heterocycles. The third-order valence-corrected chi connectivity index (χ3v) is 6.72. The van der Waals surface area contributed by atoms with Crippen LogP contribution in [0.1, 0.15) is 16.7 Å². The van der Waals surface area contributed by atoms with E-state index in [4.69, 9.17) is 0 Å². The molecule has 0 heterocycles. The van der Waals surface area contributed by atoms with Crippen molar-refractivity contribution in [1.29, 1.82) is 0 Å². The van der Waals surface area contributed by atoms with Crippen molar-refractivity contribution in [2.24, 2.45) is 0 Å². The second-order valence-corrected chi connectivity index (χ2v) is 8.55. The molecule has 0 aliphatic rings. The average molecular weight is 474 g/mol. The fraction of sp³-hybridized carbons (Fsp3) is 0.182. The van der Waals surface area contributed by atoms with Crippen LogP contribution in [0.15, 0.2) is 91.0 Å². The van der Waals surface area contributed by atoms with Gasteiger partial charge in [-0.05, 0) is 16.7 Å². The highest BCUT2D eigenvalue weighted by Gasteiger charge is 2.82. The topological polar surface area (TPSA) is 54.4 Å². The molecule has 0 aliphatic carbocycles. The van der Waals surface area contributed by atoms with Crippen molar-refractivity contribution in [3.05, 3.63) is 108 Å². The van der Waals surface area contributed by atoms with E-state index >= 15 is 13.2 Å². The molecule has 32 heavy (non-hydrogen) atoms. The summed E-state index contributed by atoms with van der Waals surface area (Å²) in [6, 6.07) is 15.1. The highest BCUT2D eigenvalue weighted by Crippen LogP contribution is 2.63. The van der Waals surface area contributed by atoms with E-state index in [1.807, 2.05) is 0 Å². The summed E-state index contributed by atoms with van der Waals surface area (Å²) < 4.78 is 121. The summed E-state index contributed by atoms with van der Waals surface area (Å²) >= 11 is 0. The predicted molar refractivity (Wildman–Crippen MR) is 105 cm³/mol. The fourth-order valence-electron chi connectivity index (χ4n) is 3.85. The maximum absolute atomic E-state index is 17.0. The molecule has 3 nitrogen and oxygen atoms in total. The van der Waals surface area contributed by atoms with E-state index in [-0.39, 0.29) is 0 Å². The van der Waals surface area contributed by atoms with Crippen molar-refractivity contribution in [3.8, 4) is 0 Å². The first kappa shape index (κ1) is 23.8. The van der Waals surface area contributed by atoms with Crippen molar-refractivity contribution in [3.63, 3.8) is 0 Å². The van der Waals surface area contributed by atoms with E-state index in [2.05, 4.69) is 0 Å². The van der Waals surface area contributed by atoms with Crippen molar-refractivity contribution in [2.75, 3.05) is 0 Å². The van der Waals surface area contributed by atoms with Crippen molar-refractivity contribution < 1.29 is 39.3 Å². The van der Waals surface area contributed by atoms with Crippen LogP contribution in [0.25, 0.3) is 0 Å². The molecule has 1 atom stereocenters. The molecule has 0 fully saturated rings. The minimum atomic E-state index is -6.52. The SMILES string of the molecule is O=S(=O)(O)C(c1ccccc1)(c1ccccc1)C(F)(c1ccccc1)C(F)(F)C(F)(F)F. The summed E-state index contributed by atoms with van der Waals surface area (Å²) in [4.78, 5) is 0. The highest BCUT2D eigenvalue weighted by atomic mass is 32.2. The molecule has 10 heteroatoms. The van der Waals surface area contributed by atoms with Gasteiger partial charge in [-0.15, -0.1) is 0 Å². The standard InChI is InChI=1S/C22H16F6O3S/c23-20(18-14-8-3-9-15-18,21(24,25)22(26,27)28)19(32(29,30)31,16-10-4-1-5-11-16)17-12-6-2-7-13-17/h1-15H,(H,29,30,31). The molecular formula is C22H16F6O3S. The average Bonchev–Trinajstić information content (AvgIpc) is 2.74. The molecule has 3 aromatic rings. The van der Waals surface area contributed by atoms with Gasteiger partial charge in [0.1, 0.15) is 0 Å². The summed E-state index contributed by atoms with van der Waals surface area (Å²) in [7, 11) is -6.04. The summed E-state index contributed by atoms with van der Waals surface area (Å²) in [5.74, 6) is -6.26. The maximum atomic E-state index is 17.0. The van der Waals surface area contributed by atoms with E-state index in [0.29, 0.717) is 12.1 Å². The Balaban J connectivity index is 2.67. The van der Waals surface area contributed by atoms with E-state index in [9.17, 15) is 26.1 Å². The van der Waals surface area contributed by atoms with Crippen LogP contribution in [0.2, 0.25) is 0 Å². The molecule has 0 radical (unpaired) electrons. The maximum Gasteiger partial charge on any atom is 0.457 e. The van der Waals surface area contributed by atoms with Crippen LogP contribution < -0.4 is 0 Å². The monoisotopic (exact) mass is 474 g/mol. The zero-order valence-electron chi connectivity index (χ0n) is 16.1. The second-order valence-electron chi connectivity index (χ2n) is 6.98. The number of alkyl halides is 6. The van der Waals surface area contributed by atoms with Gasteiger partial charge in [-0.2, -0.15) is 30.4 Å². The number of halogens is 6. The van der Waals surface area contributed by atoms with E-state index in [0.717, 1.165) is 60.7 Å². The summed E-state index contributed by atoms with van der Waals surface area (Å²) in [5.41, 5.74) is -7.93. The number of benzene rings is 3. The normalized spacial score (nSPS) is 15.2. The minimum Gasteiger partial charge on any atom is -0.284 e. The van der Waals surface area contributed by atoms with E-state index in [1.54, 1.807) is 0 Å². The predicted octanol–water partition coefficient (Wildman–Crippen LogP) is 5.88. The van der Waals surface area contributed by atoms with Gasteiger partial charge in [0.2, 0.25) is 5.67 Å². The van der Waals surface area contributed by atoms with Crippen LogP contribution in [0, 0.1) is 0 Å². The van der Waals surface area contributed by atoms with Crippen LogP contribution in [0.3, 0.4) is 0 Å². The number of rotatable bonds is 6. The van der Waals surface area contributed by atoms with Gasteiger partial charge in [-0.1, -0.05) is 91.0 Å². The summed E-state index contributed by atoms with van der Waals surface area (Å²) in [6.07, 6.45) is -6.52. The zero-order valence-corrected chi connectivity index (χ0v) is 16.9. The van der Waals surface area contributed by atoms with Crippen LogP contribution in [0.4, 0.5) is 26.3 Å². The quantitative estimate of drug-likeness (QED) is 0.359. The first-order chi connectivity index (χ1) is 14.8. The van der Waals surface area contributed by atoms with Crippen LogP contribution in [0.5, 0.6) is 0 Å². The lowest BCUT2D eigenvalue weighted by Crippen LogP contribution is -2.65. The molecule has 0 saturated carbocycles. The Labute approximate surface area is 180 Å². The lowest BCUT2D eigenvalue weighted by atomic mass is 9.70. The molecular weight excluding hydrogens is 458 g/mol. The molecule has 3 rings (SSSR count). The molecule has 170 valence electrons. The van der Waals surface area contributed by atoms with Crippen LogP contribution in [-0.2, 0) is 20.5 Å². The molecule has 0 amide bonds. The Morgan fingerprint density at radius 2 is 0.875 bits per heavy atom. The minimum absolute atomic E-state index is 0.617. The lowest BCUT2D eigenvalue weighted by Gasteiger charge is -2.47. The number of hydrogen-bond donors (Lipinski definition) is 1. The Bertz CT molecular complexity index is 1130. The van der Waals surface area contributed by atoms with E-state index < -0.39 is 49.3 Å². The molecule has 0 bridgehead atoms. The van der Waals surface area contributed by atoms with Gasteiger partial charge in [-0.25, -0.2) is 4.39 Å².